The molecular weight excluding hydrogens is 208 g/mol. The number of likely N-dealkylation sites (tertiary alicyclic amines) is 1. The third-order valence-corrected chi connectivity index (χ3v) is 2.97. The highest BCUT2D eigenvalue weighted by Gasteiger charge is 2.34. The average Bonchev–Trinajstić information content (AvgIpc) is 2.76. The fourth-order valence-corrected chi connectivity index (χ4v) is 1.82. The van der Waals surface area contributed by atoms with E-state index in [1.54, 1.807) is 0 Å². The quantitative estimate of drug-likeness (QED) is 0.787. The third-order valence-electron chi connectivity index (χ3n) is 2.97. The number of ether oxygens (including phenoxy) is 1. The largest absolute Gasteiger partial charge is 0.453 e. The second-order valence-corrected chi connectivity index (χ2v) is 4.14. The molecule has 0 aromatic heterocycles. The Hall–Kier alpha value is -1.26. The van der Waals surface area contributed by atoms with Crippen molar-refractivity contribution < 1.29 is 14.3 Å². The zero-order valence-corrected chi connectivity index (χ0v) is 10.2. The van der Waals surface area contributed by atoms with Gasteiger partial charge in [-0.1, -0.05) is 6.92 Å². The Bertz CT molecular complexity index is 268. The molecule has 1 N–H and O–H groups in total. The second-order valence-electron chi connectivity index (χ2n) is 4.14. The maximum Gasteiger partial charge on any atom is 0.410 e. The van der Waals surface area contributed by atoms with Crippen LogP contribution in [0, 0.1) is 0 Å². The highest BCUT2D eigenvalue weighted by molar-refractivity contribution is 5.86. The molecule has 0 bridgehead atoms. The Morgan fingerprint density at radius 1 is 1.56 bits per heavy atom. The lowest BCUT2D eigenvalue weighted by Gasteiger charge is -2.23. The van der Waals surface area contributed by atoms with Gasteiger partial charge in [0.15, 0.2) is 0 Å². The molecule has 2 unspecified atom stereocenters. The number of rotatable bonds is 3. The van der Waals surface area contributed by atoms with E-state index in [1.165, 1.54) is 12.0 Å². The minimum absolute atomic E-state index is 0.0720. The summed E-state index contributed by atoms with van der Waals surface area (Å²) in [6.07, 6.45) is 2.05. The molecule has 2 amide bonds. The van der Waals surface area contributed by atoms with Crippen LogP contribution in [0.15, 0.2) is 0 Å². The van der Waals surface area contributed by atoms with Gasteiger partial charge in [0.1, 0.15) is 6.04 Å². The summed E-state index contributed by atoms with van der Waals surface area (Å²) in [7, 11) is 1.34. The van der Waals surface area contributed by atoms with E-state index in [0.29, 0.717) is 6.54 Å². The van der Waals surface area contributed by atoms with Crippen molar-refractivity contribution in [2.75, 3.05) is 13.7 Å². The first-order valence-corrected chi connectivity index (χ1v) is 5.75. The Labute approximate surface area is 96.1 Å². The van der Waals surface area contributed by atoms with E-state index in [0.717, 1.165) is 19.3 Å². The third kappa shape index (κ3) is 2.87. The maximum absolute atomic E-state index is 11.9. The summed E-state index contributed by atoms with van der Waals surface area (Å²) in [6.45, 7) is 4.57. The SMILES string of the molecule is CCC(C)NC(=O)C1CCCN1C(=O)OC. The van der Waals surface area contributed by atoms with E-state index in [1.807, 2.05) is 13.8 Å². The topological polar surface area (TPSA) is 58.6 Å². The molecule has 0 radical (unpaired) electrons. The standard InChI is InChI=1S/C11H20N2O3/c1-4-8(2)12-10(14)9-6-5-7-13(9)11(15)16-3/h8-9H,4-7H2,1-3H3,(H,12,14). The van der Waals surface area contributed by atoms with E-state index in [-0.39, 0.29) is 18.0 Å². The van der Waals surface area contributed by atoms with Gasteiger partial charge in [-0.3, -0.25) is 9.69 Å². The molecule has 1 heterocycles. The number of hydrogen-bond donors (Lipinski definition) is 1. The number of amides is 2. The Kier molecular flexibility index (Phi) is 4.58. The molecule has 0 aromatic rings. The Morgan fingerprint density at radius 2 is 2.25 bits per heavy atom. The summed E-state index contributed by atoms with van der Waals surface area (Å²) in [4.78, 5) is 24.8. The highest BCUT2D eigenvalue weighted by atomic mass is 16.5. The average molecular weight is 228 g/mol. The predicted molar refractivity (Wildman–Crippen MR) is 60.0 cm³/mol. The molecule has 16 heavy (non-hydrogen) atoms. The molecule has 5 heteroatoms. The normalized spacial score (nSPS) is 21.7. The van der Waals surface area contributed by atoms with Gasteiger partial charge in [-0.2, -0.15) is 0 Å². The van der Waals surface area contributed by atoms with Crippen LogP contribution in [0.2, 0.25) is 0 Å². The molecule has 2 atom stereocenters. The molecule has 1 aliphatic rings. The van der Waals surface area contributed by atoms with Gasteiger partial charge in [-0.15, -0.1) is 0 Å². The first kappa shape index (κ1) is 12.8. The van der Waals surface area contributed by atoms with E-state index in [9.17, 15) is 9.59 Å². The number of methoxy groups -OCH3 is 1. The lowest BCUT2D eigenvalue weighted by atomic mass is 10.2. The minimum atomic E-state index is -0.415. The zero-order chi connectivity index (χ0) is 12.1. The maximum atomic E-state index is 11.9. The van der Waals surface area contributed by atoms with E-state index >= 15 is 0 Å². The smallest absolute Gasteiger partial charge is 0.410 e. The van der Waals surface area contributed by atoms with E-state index in [2.05, 4.69) is 10.1 Å². The van der Waals surface area contributed by atoms with Gasteiger partial charge in [-0.25, -0.2) is 4.79 Å². The highest BCUT2D eigenvalue weighted by Crippen LogP contribution is 2.18. The summed E-state index contributed by atoms with van der Waals surface area (Å²) in [5, 5.41) is 2.89. The Morgan fingerprint density at radius 3 is 2.81 bits per heavy atom. The van der Waals surface area contributed by atoms with Crippen LogP contribution in [-0.2, 0) is 9.53 Å². The van der Waals surface area contributed by atoms with Crippen LogP contribution in [0.25, 0.3) is 0 Å². The van der Waals surface area contributed by atoms with E-state index < -0.39 is 6.09 Å². The van der Waals surface area contributed by atoms with E-state index in [4.69, 9.17) is 0 Å². The summed E-state index contributed by atoms with van der Waals surface area (Å²) in [5.74, 6) is -0.0720. The van der Waals surface area contributed by atoms with Crippen LogP contribution in [-0.4, -0.2) is 42.6 Å². The van der Waals surface area contributed by atoms with Crippen molar-refractivity contribution in [1.82, 2.24) is 10.2 Å². The van der Waals surface area contributed by atoms with Crippen molar-refractivity contribution in [2.45, 2.75) is 45.2 Å². The van der Waals surface area contributed by atoms with Crippen LogP contribution in [0.1, 0.15) is 33.1 Å². The van der Waals surface area contributed by atoms with Crippen LogP contribution in [0.5, 0.6) is 0 Å². The first-order valence-electron chi connectivity index (χ1n) is 5.75. The van der Waals surface area contributed by atoms with Crippen LogP contribution < -0.4 is 5.32 Å². The number of carbonyl (C=O) groups is 2. The lowest BCUT2D eigenvalue weighted by Crippen LogP contribution is -2.48. The number of nitrogens with one attached hydrogen (secondary N) is 1. The van der Waals surface area contributed by atoms with Gasteiger partial charge in [0, 0.05) is 12.6 Å². The molecule has 92 valence electrons. The van der Waals surface area contributed by atoms with Crippen LogP contribution in [0.4, 0.5) is 4.79 Å². The van der Waals surface area contributed by atoms with Gasteiger partial charge in [-0.05, 0) is 26.2 Å². The van der Waals surface area contributed by atoms with Crippen molar-refractivity contribution in [1.29, 1.82) is 0 Å². The molecule has 1 fully saturated rings. The fourth-order valence-electron chi connectivity index (χ4n) is 1.82. The zero-order valence-electron chi connectivity index (χ0n) is 10.2. The minimum Gasteiger partial charge on any atom is -0.453 e. The van der Waals surface area contributed by atoms with Gasteiger partial charge < -0.3 is 10.1 Å². The molecule has 1 saturated heterocycles. The van der Waals surface area contributed by atoms with Gasteiger partial charge in [0.05, 0.1) is 7.11 Å². The Balaban J connectivity index is 2.57. The van der Waals surface area contributed by atoms with Gasteiger partial charge >= 0.3 is 6.09 Å². The van der Waals surface area contributed by atoms with Crippen molar-refractivity contribution in [3.05, 3.63) is 0 Å². The monoisotopic (exact) mass is 228 g/mol. The summed E-state index contributed by atoms with van der Waals surface area (Å²) in [5.41, 5.74) is 0. The van der Waals surface area contributed by atoms with Crippen molar-refractivity contribution in [3.8, 4) is 0 Å². The molecule has 1 rings (SSSR count). The van der Waals surface area contributed by atoms with Crippen molar-refractivity contribution >= 4 is 12.0 Å². The van der Waals surface area contributed by atoms with Crippen molar-refractivity contribution in [2.24, 2.45) is 0 Å². The van der Waals surface area contributed by atoms with Gasteiger partial charge in [0.25, 0.3) is 0 Å². The van der Waals surface area contributed by atoms with Gasteiger partial charge in [0.2, 0.25) is 5.91 Å². The number of hydrogen-bond acceptors (Lipinski definition) is 3. The molecule has 0 saturated carbocycles. The molecule has 5 nitrogen and oxygen atoms in total. The molecular formula is C11H20N2O3. The van der Waals surface area contributed by atoms with Crippen LogP contribution in [0.3, 0.4) is 0 Å². The molecule has 0 aromatic carbocycles. The first-order chi connectivity index (χ1) is 7.60. The summed E-state index contributed by atoms with van der Waals surface area (Å²) < 4.78 is 4.65. The molecule has 1 aliphatic heterocycles. The second kappa shape index (κ2) is 5.72. The number of carbonyl (C=O) groups excluding carboxylic acids is 2. The molecule has 0 aliphatic carbocycles. The van der Waals surface area contributed by atoms with Crippen LogP contribution >= 0.6 is 0 Å². The summed E-state index contributed by atoms with van der Waals surface area (Å²) in [6, 6.07) is -0.214. The lowest BCUT2D eigenvalue weighted by molar-refractivity contribution is -0.125. The molecule has 0 spiro atoms. The fraction of sp³-hybridized carbons (Fsp3) is 0.818. The predicted octanol–water partition coefficient (Wildman–Crippen LogP) is 1.13. The summed E-state index contributed by atoms with van der Waals surface area (Å²) >= 11 is 0. The van der Waals surface area contributed by atoms with Crippen molar-refractivity contribution in [3.63, 3.8) is 0 Å². The number of nitrogens with zero attached hydrogens (tertiary/aromatic N) is 1.